The molecule has 2 aromatic rings. The first-order valence-corrected chi connectivity index (χ1v) is 7.72. The molecule has 106 valence electrons. The van der Waals surface area contributed by atoms with Crippen molar-refractivity contribution in [1.82, 2.24) is 9.38 Å². The molecule has 0 bridgehead atoms. The summed E-state index contributed by atoms with van der Waals surface area (Å²) >= 11 is 0. The fourth-order valence-corrected chi connectivity index (χ4v) is 2.40. The number of pyridine rings is 1. The molecule has 0 aromatic carbocycles. The van der Waals surface area contributed by atoms with Crippen molar-refractivity contribution >= 4 is 27.2 Å². The van der Waals surface area contributed by atoms with Gasteiger partial charge in [0.1, 0.15) is 11.5 Å². The van der Waals surface area contributed by atoms with Crippen LogP contribution in [0.25, 0.3) is 5.65 Å². The van der Waals surface area contributed by atoms with Crippen LogP contribution in [0.1, 0.15) is 12.0 Å². The molecule has 0 aliphatic heterocycles. The van der Waals surface area contributed by atoms with Crippen LogP contribution in [0.3, 0.4) is 0 Å². The molecule has 0 unspecified atom stereocenters. The Morgan fingerprint density at radius 1 is 1.55 bits per heavy atom. The summed E-state index contributed by atoms with van der Waals surface area (Å²) in [6, 6.07) is 3.77. The molecule has 0 aliphatic carbocycles. The lowest BCUT2D eigenvalue weighted by Gasteiger charge is -2.05. The highest BCUT2D eigenvalue weighted by Gasteiger charge is 2.12. The van der Waals surface area contributed by atoms with E-state index in [0.717, 1.165) is 16.6 Å². The minimum Gasteiger partial charge on any atom is -0.310 e. The summed E-state index contributed by atoms with van der Waals surface area (Å²) in [4.78, 5) is 16.0. The molecule has 1 amide bonds. The largest absolute Gasteiger partial charge is 0.310 e. The van der Waals surface area contributed by atoms with Gasteiger partial charge in [-0.3, -0.25) is 9.20 Å². The highest BCUT2D eigenvalue weighted by molar-refractivity contribution is 7.94. The number of hydrogen-bond acceptors (Lipinski definition) is 4. The van der Waals surface area contributed by atoms with Crippen molar-refractivity contribution < 1.29 is 13.2 Å². The number of fused-ring (bicyclic) bond motifs is 1. The van der Waals surface area contributed by atoms with E-state index in [1.807, 2.05) is 19.1 Å². The van der Waals surface area contributed by atoms with Crippen LogP contribution in [-0.4, -0.2) is 29.5 Å². The summed E-state index contributed by atoms with van der Waals surface area (Å²) in [5.74, 6) is -0.110. The Hall–Kier alpha value is -2.15. The summed E-state index contributed by atoms with van der Waals surface area (Å²) in [7, 11) is -3.36. The third-order valence-corrected chi connectivity index (χ3v) is 4.15. The van der Waals surface area contributed by atoms with Crippen LogP contribution in [0, 0.1) is 6.92 Å². The molecule has 0 spiro atoms. The highest BCUT2D eigenvalue weighted by atomic mass is 32.2. The van der Waals surface area contributed by atoms with Crippen LogP contribution in [0.2, 0.25) is 0 Å². The maximum atomic E-state index is 11.8. The average Bonchev–Trinajstić information content (AvgIpc) is 2.82. The molecule has 0 aliphatic rings. The quantitative estimate of drug-likeness (QED) is 0.906. The number of amides is 1. The molecule has 0 atom stereocenters. The zero-order valence-corrected chi connectivity index (χ0v) is 11.9. The molecule has 0 radical (unpaired) electrons. The Morgan fingerprint density at radius 2 is 2.30 bits per heavy atom. The Balaban J connectivity index is 2.11. The third kappa shape index (κ3) is 3.05. The standard InChI is InChI=1S/C13H15N3O3S/c1-3-20(18,19)8-6-12(17)15-11-9-14-13-10(2)5-4-7-16(11)13/h3-5,7,9H,1,6,8H2,2H3,(H,15,17). The first-order chi connectivity index (χ1) is 9.43. The van der Waals surface area contributed by atoms with Crippen molar-refractivity contribution in [3.63, 3.8) is 0 Å². The molecule has 0 fully saturated rings. The van der Waals surface area contributed by atoms with Gasteiger partial charge in [0, 0.05) is 18.0 Å². The first kappa shape index (κ1) is 14.3. The fraction of sp³-hybridized carbons (Fsp3) is 0.231. The lowest BCUT2D eigenvalue weighted by molar-refractivity contribution is -0.115. The van der Waals surface area contributed by atoms with E-state index < -0.39 is 9.84 Å². The van der Waals surface area contributed by atoms with Gasteiger partial charge in [0.15, 0.2) is 9.84 Å². The molecule has 2 aromatic heterocycles. The van der Waals surface area contributed by atoms with Gasteiger partial charge in [0.05, 0.1) is 11.9 Å². The second-order valence-corrected chi connectivity index (χ2v) is 6.43. The monoisotopic (exact) mass is 293 g/mol. The molecule has 7 heteroatoms. The molecule has 2 rings (SSSR count). The smallest absolute Gasteiger partial charge is 0.226 e. The maximum Gasteiger partial charge on any atom is 0.226 e. The highest BCUT2D eigenvalue weighted by Crippen LogP contribution is 2.15. The van der Waals surface area contributed by atoms with Gasteiger partial charge in [-0.2, -0.15) is 0 Å². The van der Waals surface area contributed by atoms with E-state index >= 15 is 0 Å². The number of carbonyl (C=O) groups is 1. The van der Waals surface area contributed by atoms with Crippen LogP contribution in [0.5, 0.6) is 0 Å². The van der Waals surface area contributed by atoms with Crippen molar-refractivity contribution in [1.29, 1.82) is 0 Å². The van der Waals surface area contributed by atoms with Crippen molar-refractivity contribution in [2.24, 2.45) is 0 Å². The molecule has 6 nitrogen and oxygen atoms in total. The van der Waals surface area contributed by atoms with E-state index in [1.165, 1.54) is 0 Å². The van der Waals surface area contributed by atoms with Crippen LogP contribution < -0.4 is 5.32 Å². The number of rotatable bonds is 5. The van der Waals surface area contributed by atoms with Gasteiger partial charge in [0.25, 0.3) is 0 Å². The molecule has 1 N–H and O–H groups in total. The summed E-state index contributed by atoms with van der Waals surface area (Å²) in [6.07, 6.45) is 3.21. The van der Waals surface area contributed by atoms with E-state index in [-0.39, 0.29) is 18.1 Å². The van der Waals surface area contributed by atoms with Gasteiger partial charge in [-0.25, -0.2) is 13.4 Å². The number of imidazole rings is 1. The molecule has 2 heterocycles. The van der Waals surface area contributed by atoms with Crippen molar-refractivity contribution in [2.45, 2.75) is 13.3 Å². The van der Waals surface area contributed by atoms with Crippen LogP contribution in [0.15, 0.2) is 36.5 Å². The molecule has 0 saturated carbocycles. The number of aryl methyl sites for hydroxylation is 1. The predicted molar refractivity (Wildman–Crippen MR) is 77.2 cm³/mol. The number of hydrogen-bond donors (Lipinski definition) is 1. The number of anilines is 1. The lowest BCUT2D eigenvalue weighted by Crippen LogP contribution is -2.17. The van der Waals surface area contributed by atoms with Gasteiger partial charge < -0.3 is 5.32 Å². The van der Waals surface area contributed by atoms with Gasteiger partial charge in [-0.15, -0.1) is 0 Å². The molecule has 0 saturated heterocycles. The number of nitrogens with zero attached hydrogens (tertiary/aromatic N) is 2. The Labute approximate surface area is 117 Å². The van der Waals surface area contributed by atoms with Gasteiger partial charge in [-0.1, -0.05) is 12.6 Å². The molecule has 20 heavy (non-hydrogen) atoms. The number of sulfone groups is 1. The second-order valence-electron chi connectivity index (χ2n) is 4.36. The lowest BCUT2D eigenvalue weighted by atomic mass is 10.3. The summed E-state index contributed by atoms with van der Waals surface area (Å²) in [5.41, 5.74) is 1.74. The van der Waals surface area contributed by atoms with Gasteiger partial charge >= 0.3 is 0 Å². The van der Waals surface area contributed by atoms with E-state index in [9.17, 15) is 13.2 Å². The average molecular weight is 293 g/mol. The van der Waals surface area contributed by atoms with Gasteiger partial charge in [0.2, 0.25) is 5.91 Å². The van der Waals surface area contributed by atoms with Crippen molar-refractivity contribution in [3.05, 3.63) is 42.1 Å². The van der Waals surface area contributed by atoms with E-state index in [4.69, 9.17) is 0 Å². The Kier molecular flexibility index (Phi) is 3.89. The van der Waals surface area contributed by atoms with Crippen LogP contribution in [-0.2, 0) is 14.6 Å². The number of aromatic nitrogens is 2. The van der Waals surface area contributed by atoms with E-state index in [1.54, 1.807) is 16.8 Å². The number of nitrogens with one attached hydrogen (secondary N) is 1. The first-order valence-electron chi connectivity index (χ1n) is 6.00. The predicted octanol–water partition coefficient (Wildman–Crippen LogP) is 1.53. The zero-order valence-electron chi connectivity index (χ0n) is 11.0. The minimum atomic E-state index is -3.36. The van der Waals surface area contributed by atoms with Crippen molar-refractivity contribution in [3.8, 4) is 0 Å². The third-order valence-electron chi connectivity index (χ3n) is 2.87. The van der Waals surface area contributed by atoms with Gasteiger partial charge in [-0.05, 0) is 18.6 Å². The topological polar surface area (TPSA) is 80.5 Å². The summed E-state index contributed by atoms with van der Waals surface area (Å²) in [5, 5.41) is 3.51. The second kappa shape index (κ2) is 5.46. The van der Waals surface area contributed by atoms with E-state index in [0.29, 0.717) is 5.82 Å². The molecular weight excluding hydrogens is 278 g/mol. The fourth-order valence-electron chi connectivity index (χ4n) is 1.77. The van der Waals surface area contributed by atoms with Crippen LogP contribution in [0.4, 0.5) is 5.82 Å². The Morgan fingerprint density at radius 3 is 3.00 bits per heavy atom. The SMILES string of the molecule is C=CS(=O)(=O)CCC(=O)Nc1cnc2c(C)cccn12. The minimum absolute atomic E-state index is 0.118. The normalized spacial score (nSPS) is 11.4. The molecular formula is C13H15N3O3S. The maximum absolute atomic E-state index is 11.8. The number of carbonyl (C=O) groups excluding carboxylic acids is 1. The summed E-state index contributed by atoms with van der Waals surface area (Å²) in [6.45, 7) is 5.12. The van der Waals surface area contributed by atoms with Crippen LogP contribution >= 0.6 is 0 Å². The van der Waals surface area contributed by atoms with E-state index in [2.05, 4.69) is 16.9 Å². The van der Waals surface area contributed by atoms with Crippen molar-refractivity contribution in [2.75, 3.05) is 11.1 Å². The Bertz CT molecular complexity index is 762. The zero-order chi connectivity index (χ0) is 14.8. The summed E-state index contributed by atoms with van der Waals surface area (Å²) < 4.78 is 24.2.